The Bertz CT molecular complexity index is 523. The normalized spacial score (nSPS) is 17.7. The predicted molar refractivity (Wildman–Crippen MR) is 98.1 cm³/mol. The monoisotopic (exact) mass is 438 g/mol. The van der Waals surface area contributed by atoms with Crippen LogP contribution in [0.2, 0.25) is 0 Å². The number of ether oxygens (including phenoxy) is 3. The maximum absolute atomic E-state index is 11.0. The van der Waals surface area contributed by atoms with Crippen molar-refractivity contribution in [3.63, 3.8) is 0 Å². The summed E-state index contributed by atoms with van der Waals surface area (Å²) in [6, 6.07) is 0. The second kappa shape index (κ2) is 15.0. The van der Waals surface area contributed by atoms with Crippen molar-refractivity contribution >= 4 is 24.6 Å². The first-order chi connectivity index (χ1) is 14.0. The van der Waals surface area contributed by atoms with Crippen molar-refractivity contribution in [2.75, 3.05) is 0 Å². The van der Waals surface area contributed by atoms with E-state index in [0.29, 0.717) is 5.92 Å². The number of carboxylic acid groups (broad SMARTS) is 1. The molecule has 0 amide bonds. The number of carbonyl (C=O) groups is 4. The quantitative estimate of drug-likeness (QED) is 0.279. The van der Waals surface area contributed by atoms with Gasteiger partial charge in [0.05, 0.1) is 12.2 Å². The van der Waals surface area contributed by atoms with E-state index >= 15 is 0 Å². The zero-order chi connectivity index (χ0) is 23.1. The van der Waals surface area contributed by atoms with E-state index in [4.69, 9.17) is 9.84 Å². The summed E-state index contributed by atoms with van der Waals surface area (Å²) in [4.78, 5) is 57.9. The SMILES string of the molecule is CC(C)OC(=O)OOC(=O)OC(C)C.CCC1CCCCC1OC(=O)OOC(=O)O. The summed E-state index contributed by atoms with van der Waals surface area (Å²) in [5.74, 6) is 0.325. The highest BCUT2D eigenvalue weighted by Gasteiger charge is 2.28. The summed E-state index contributed by atoms with van der Waals surface area (Å²) in [7, 11) is 0. The van der Waals surface area contributed by atoms with Crippen molar-refractivity contribution in [2.24, 2.45) is 5.92 Å². The molecule has 2 unspecified atom stereocenters. The summed E-state index contributed by atoms with van der Waals surface area (Å²) in [5.41, 5.74) is 0. The van der Waals surface area contributed by atoms with Crippen LogP contribution in [0.4, 0.5) is 19.2 Å². The van der Waals surface area contributed by atoms with Gasteiger partial charge in [-0.25, -0.2) is 9.68 Å². The Morgan fingerprint density at radius 1 is 0.800 bits per heavy atom. The van der Waals surface area contributed by atoms with E-state index in [2.05, 4.69) is 29.0 Å². The van der Waals surface area contributed by atoms with Crippen LogP contribution in [0.25, 0.3) is 0 Å². The summed E-state index contributed by atoms with van der Waals surface area (Å²) in [6.07, 6.45) is -0.912. The first-order valence-corrected chi connectivity index (χ1v) is 9.58. The van der Waals surface area contributed by atoms with E-state index in [-0.39, 0.29) is 18.3 Å². The van der Waals surface area contributed by atoms with Gasteiger partial charge < -0.3 is 19.3 Å². The molecule has 2 atom stereocenters. The molecular weight excluding hydrogens is 408 g/mol. The number of hydrogen-bond donors (Lipinski definition) is 1. The maximum atomic E-state index is 11.0. The first kappa shape index (κ1) is 27.1. The lowest BCUT2D eigenvalue weighted by atomic mass is 9.85. The van der Waals surface area contributed by atoms with Crippen LogP contribution in [-0.4, -0.2) is 48.0 Å². The van der Waals surface area contributed by atoms with Crippen LogP contribution in [0.1, 0.15) is 66.7 Å². The van der Waals surface area contributed by atoms with Crippen LogP contribution in [-0.2, 0) is 33.8 Å². The van der Waals surface area contributed by atoms with E-state index in [1.165, 1.54) is 0 Å². The molecule has 0 spiro atoms. The second-order valence-electron chi connectivity index (χ2n) is 6.79. The van der Waals surface area contributed by atoms with Gasteiger partial charge in [-0.05, 0) is 59.3 Å². The molecule has 1 rings (SSSR count). The Morgan fingerprint density at radius 3 is 1.70 bits per heavy atom. The van der Waals surface area contributed by atoms with Gasteiger partial charge in [0.15, 0.2) is 0 Å². The molecule has 0 aliphatic heterocycles. The Labute approximate surface area is 174 Å². The molecule has 0 bridgehead atoms. The highest BCUT2D eigenvalue weighted by molar-refractivity contribution is 5.63. The van der Waals surface area contributed by atoms with E-state index in [1.807, 2.05) is 6.92 Å². The minimum atomic E-state index is -1.67. The number of carbonyl (C=O) groups excluding carboxylic acids is 3. The van der Waals surface area contributed by atoms with Crippen molar-refractivity contribution in [3.8, 4) is 0 Å². The summed E-state index contributed by atoms with van der Waals surface area (Å²) in [5, 5.41) is 8.11. The van der Waals surface area contributed by atoms with Gasteiger partial charge in [-0.3, -0.25) is 0 Å². The third-order valence-electron chi connectivity index (χ3n) is 3.63. The number of rotatable bonds is 4. The lowest BCUT2D eigenvalue weighted by Crippen LogP contribution is -2.30. The molecule has 12 nitrogen and oxygen atoms in total. The topological polar surface area (TPSA) is 153 Å². The van der Waals surface area contributed by atoms with Gasteiger partial charge in [0.1, 0.15) is 6.10 Å². The van der Waals surface area contributed by atoms with Gasteiger partial charge >= 0.3 is 24.6 Å². The summed E-state index contributed by atoms with van der Waals surface area (Å²) in [6.45, 7) is 8.56. The molecule has 174 valence electrons. The Kier molecular flexibility index (Phi) is 13.5. The molecule has 1 N–H and O–H groups in total. The zero-order valence-electron chi connectivity index (χ0n) is 17.8. The van der Waals surface area contributed by atoms with E-state index in [1.54, 1.807) is 27.7 Å². The van der Waals surface area contributed by atoms with Gasteiger partial charge in [0.2, 0.25) is 0 Å². The highest BCUT2D eigenvalue weighted by atomic mass is 17.3. The van der Waals surface area contributed by atoms with Gasteiger partial charge in [-0.15, -0.1) is 0 Å². The van der Waals surface area contributed by atoms with Crippen LogP contribution in [0.15, 0.2) is 0 Å². The van der Waals surface area contributed by atoms with Crippen molar-refractivity contribution in [1.82, 2.24) is 0 Å². The van der Waals surface area contributed by atoms with Gasteiger partial charge in [-0.2, -0.15) is 29.0 Å². The van der Waals surface area contributed by atoms with Crippen LogP contribution in [0.5, 0.6) is 0 Å². The molecule has 1 fully saturated rings. The van der Waals surface area contributed by atoms with Gasteiger partial charge in [0.25, 0.3) is 0 Å². The zero-order valence-corrected chi connectivity index (χ0v) is 17.8. The van der Waals surface area contributed by atoms with Crippen molar-refractivity contribution in [1.29, 1.82) is 0 Å². The minimum Gasteiger partial charge on any atom is -0.447 e. The molecule has 12 heteroatoms. The van der Waals surface area contributed by atoms with E-state index in [0.717, 1.165) is 32.1 Å². The molecular formula is C18H30O12. The second-order valence-corrected chi connectivity index (χ2v) is 6.79. The number of hydrogen-bond acceptors (Lipinski definition) is 11. The first-order valence-electron chi connectivity index (χ1n) is 9.58. The average Bonchev–Trinajstić information content (AvgIpc) is 2.64. The molecule has 0 aromatic rings. The molecule has 0 saturated heterocycles. The standard InChI is InChI=1S/C10H16O6.C8H14O6/c1-2-7-5-3-4-6-8(7)14-10(13)16-15-9(11)12;1-5(2)11-7(9)13-14-8(10)12-6(3)4/h7-8H,2-6H2,1H3,(H,11,12);5-6H,1-4H3. The minimum absolute atomic E-state index is 0.191. The van der Waals surface area contributed by atoms with Gasteiger partial charge in [-0.1, -0.05) is 13.3 Å². The van der Waals surface area contributed by atoms with Crippen molar-refractivity contribution < 1.29 is 58.0 Å². The summed E-state index contributed by atoms with van der Waals surface area (Å²) >= 11 is 0. The summed E-state index contributed by atoms with van der Waals surface area (Å²) < 4.78 is 14.0. The Balaban J connectivity index is 0.000000567. The highest BCUT2D eigenvalue weighted by Crippen LogP contribution is 2.29. The van der Waals surface area contributed by atoms with Crippen LogP contribution >= 0.6 is 0 Å². The van der Waals surface area contributed by atoms with Crippen LogP contribution in [0, 0.1) is 5.92 Å². The average molecular weight is 438 g/mol. The Hall–Kier alpha value is -2.92. The lowest BCUT2D eigenvalue weighted by molar-refractivity contribution is -0.222. The fourth-order valence-electron chi connectivity index (χ4n) is 2.50. The fourth-order valence-corrected chi connectivity index (χ4v) is 2.50. The molecule has 0 aromatic heterocycles. The third kappa shape index (κ3) is 14.1. The van der Waals surface area contributed by atoms with Crippen molar-refractivity contribution in [3.05, 3.63) is 0 Å². The molecule has 30 heavy (non-hydrogen) atoms. The molecule has 0 aromatic carbocycles. The lowest BCUT2D eigenvalue weighted by Gasteiger charge is -2.29. The van der Waals surface area contributed by atoms with Gasteiger partial charge in [0, 0.05) is 0 Å². The fraction of sp³-hybridized carbons (Fsp3) is 0.778. The largest absolute Gasteiger partial charge is 0.550 e. The third-order valence-corrected chi connectivity index (χ3v) is 3.63. The molecule has 0 heterocycles. The van der Waals surface area contributed by atoms with Crippen LogP contribution in [0.3, 0.4) is 0 Å². The van der Waals surface area contributed by atoms with E-state index in [9.17, 15) is 19.2 Å². The van der Waals surface area contributed by atoms with Crippen LogP contribution < -0.4 is 0 Å². The van der Waals surface area contributed by atoms with E-state index < -0.39 is 24.6 Å². The molecule has 1 aliphatic carbocycles. The molecule has 1 saturated carbocycles. The maximum Gasteiger partial charge on any atom is 0.550 e. The predicted octanol–water partition coefficient (Wildman–Crippen LogP) is 4.74. The molecule has 0 radical (unpaired) electrons. The van der Waals surface area contributed by atoms with Crippen molar-refractivity contribution in [2.45, 2.75) is 85.0 Å². The molecule has 1 aliphatic rings. The smallest absolute Gasteiger partial charge is 0.447 e. The Morgan fingerprint density at radius 2 is 1.27 bits per heavy atom.